The Hall–Kier alpha value is -6.80. The molecule has 6 rings (SSSR count). The van der Waals surface area contributed by atoms with Gasteiger partial charge in [-0.05, 0) is 71.6 Å². The number of H-pyrrole nitrogens is 1. The minimum atomic E-state index is -2.33. The van der Waals surface area contributed by atoms with Crippen molar-refractivity contribution in [1.29, 1.82) is 0 Å². The molecule has 0 fully saturated rings. The van der Waals surface area contributed by atoms with Crippen LogP contribution in [0.5, 0.6) is 11.5 Å². The smallest absolute Gasteiger partial charge is 0.345 e. The zero-order valence-electron chi connectivity index (χ0n) is 31.5. The summed E-state index contributed by atoms with van der Waals surface area (Å²) in [6, 6.07) is 36.5. The number of hydrogen-bond donors (Lipinski definition) is 7. The van der Waals surface area contributed by atoms with E-state index >= 15 is 0 Å². The van der Waals surface area contributed by atoms with Gasteiger partial charge in [0.2, 0.25) is 11.2 Å². The summed E-state index contributed by atoms with van der Waals surface area (Å²) in [6.07, 6.45) is -0.244. The third-order valence-electron chi connectivity index (χ3n) is 9.76. The maximum absolute atomic E-state index is 13.5. The summed E-state index contributed by atoms with van der Waals surface area (Å²) in [4.78, 5) is 54.7. The number of aromatic amines is 1. The fourth-order valence-corrected chi connectivity index (χ4v) is 6.60. The fraction of sp³-hybridized carbons (Fsp3) is 0.200. The molecular formula is C45H44N4O9. The third kappa shape index (κ3) is 9.95. The zero-order valence-corrected chi connectivity index (χ0v) is 31.5. The highest BCUT2D eigenvalue weighted by Gasteiger charge is 2.40. The number of rotatable bonds is 18. The second kappa shape index (κ2) is 18.9. The number of aliphatic carboxylic acids is 1. The molecule has 0 saturated heterocycles. The lowest BCUT2D eigenvalue weighted by molar-refractivity contribution is -0.155. The number of aromatic hydroxyl groups is 1. The number of ether oxygens (including phenoxy) is 1. The van der Waals surface area contributed by atoms with Gasteiger partial charge in [-0.15, -0.1) is 0 Å². The van der Waals surface area contributed by atoms with Crippen LogP contribution in [0.15, 0.2) is 138 Å². The van der Waals surface area contributed by atoms with Crippen LogP contribution in [0.25, 0.3) is 10.9 Å². The molecule has 7 N–H and O–H groups in total. The first kappa shape index (κ1) is 40.9. The molecule has 5 aromatic carbocycles. The van der Waals surface area contributed by atoms with Gasteiger partial charge in [0.15, 0.2) is 6.61 Å². The summed E-state index contributed by atoms with van der Waals surface area (Å²) in [7, 11) is 0. The van der Waals surface area contributed by atoms with Crippen LogP contribution in [0.2, 0.25) is 0 Å². The average Bonchev–Trinajstić information content (AvgIpc) is 3.24. The summed E-state index contributed by atoms with van der Waals surface area (Å²) in [5.41, 5.74) is 0.718. The Labute approximate surface area is 334 Å². The molecule has 1 aromatic heterocycles. The minimum absolute atomic E-state index is 0.0709. The van der Waals surface area contributed by atoms with Gasteiger partial charge in [0, 0.05) is 48.8 Å². The molecule has 1 heterocycles. The van der Waals surface area contributed by atoms with Crippen LogP contribution in [0.4, 0.5) is 0 Å². The molecule has 0 radical (unpaired) electrons. The van der Waals surface area contributed by atoms with E-state index in [1.807, 2.05) is 42.5 Å². The van der Waals surface area contributed by atoms with Crippen molar-refractivity contribution >= 4 is 28.7 Å². The zero-order chi connectivity index (χ0) is 41.1. The van der Waals surface area contributed by atoms with Crippen LogP contribution in [0, 0.1) is 0 Å². The molecule has 298 valence electrons. The molecule has 13 nitrogen and oxygen atoms in total. The first-order chi connectivity index (χ1) is 28.0. The van der Waals surface area contributed by atoms with Crippen LogP contribution in [-0.2, 0) is 28.2 Å². The van der Waals surface area contributed by atoms with Crippen molar-refractivity contribution in [1.82, 2.24) is 20.5 Å². The number of carbonyl (C=O) groups is 3. The molecule has 2 unspecified atom stereocenters. The Bertz CT molecular complexity index is 2410. The predicted molar refractivity (Wildman–Crippen MR) is 217 cm³/mol. The van der Waals surface area contributed by atoms with Crippen molar-refractivity contribution in [3.05, 3.63) is 177 Å². The fourth-order valence-electron chi connectivity index (χ4n) is 6.60. The van der Waals surface area contributed by atoms with E-state index in [4.69, 9.17) is 4.74 Å². The number of fused-ring (bicyclic) bond motifs is 1. The molecule has 0 bridgehead atoms. The lowest BCUT2D eigenvalue weighted by Gasteiger charge is -2.25. The van der Waals surface area contributed by atoms with Gasteiger partial charge in [-0.3, -0.25) is 14.4 Å². The van der Waals surface area contributed by atoms with Crippen molar-refractivity contribution in [3.8, 4) is 11.5 Å². The number of carbonyl (C=O) groups excluding carboxylic acids is 2. The maximum atomic E-state index is 13.5. The van der Waals surface area contributed by atoms with Crippen LogP contribution >= 0.6 is 0 Å². The Morgan fingerprint density at radius 1 is 0.793 bits per heavy atom. The number of phenolic OH excluding ortho intramolecular Hbond substituents is 1. The number of carboxylic acids is 1. The molecule has 0 aliphatic carbocycles. The van der Waals surface area contributed by atoms with E-state index in [-0.39, 0.29) is 78.3 Å². The Kier molecular flexibility index (Phi) is 13.3. The topological polar surface area (TPSA) is 202 Å². The largest absolute Gasteiger partial charge is 0.506 e. The van der Waals surface area contributed by atoms with Crippen LogP contribution in [0.1, 0.15) is 44.3 Å². The van der Waals surface area contributed by atoms with E-state index < -0.39 is 17.7 Å². The maximum Gasteiger partial charge on any atom is 0.345 e. The Morgan fingerprint density at radius 2 is 1.50 bits per heavy atom. The number of aliphatic hydroxyl groups excluding tert-OH is 1. The normalized spacial score (nSPS) is 12.7. The number of aromatic nitrogens is 1. The van der Waals surface area contributed by atoms with Gasteiger partial charge >= 0.3 is 5.97 Å². The number of aliphatic hydroxyl groups is 2. The van der Waals surface area contributed by atoms with Crippen molar-refractivity contribution in [3.63, 3.8) is 0 Å². The van der Waals surface area contributed by atoms with E-state index in [9.17, 15) is 39.6 Å². The van der Waals surface area contributed by atoms with Crippen LogP contribution in [-0.4, -0.2) is 80.9 Å². The summed E-state index contributed by atoms with van der Waals surface area (Å²) < 4.78 is 5.82. The van der Waals surface area contributed by atoms with E-state index in [0.29, 0.717) is 29.5 Å². The molecule has 13 heteroatoms. The summed E-state index contributed by atoms with van der Waals surface area (Å²) >= 11 is 0. The quantitative estimate of drug-likeness (QED) is 0.0618. The highest BCUT2D eigenvalue weighted by atomic mass is 16.5. The average molecular weight is 785 g/mol. The minimum Gasteiger partial charge on any atom is -0.506 e. The monoisotopic (exact) mass is 784 g/mol. The van der Waals surface area contributed by atoms with Gasteiger partial charge in [-0.2, -0.15) is 0 Å². The molecule has 0 aliphatic heterocycles. The van der Waals surface area contributed by atoms with E-state index in [2.05, 4.69) is 15.6 Å². The number of nitrogens with one attached hydrogen (secondary N) is 3. The van der Waals surface area contributed by atoms with Gasteiger partial charge < -0.3 is 45.7 Å². The number of benzene rings is 5. The number of nitrogens with zero attached hydrogens (tertiary/aromatic N) is 1. The first-order valence-electron chi connectivity index (χ1n) is 18.7. The number of carboxylic acid groups (broad SMARTS) is 1. The van der Waals surface area contributed by atoms with Gasteiger partial charge in [0.05, 0.1) is 11.6 Å². The molecular weight excluding hydrogens is 741 g/mol. The van der Waals surface area contributed by atoms with E-state index in [1.165, 1.54) is 36.4 Å². The Balaban J connectivity index is 1.00. The van der Waals surface area contributed by atoms with Gasteiger partial charge in [-0.1, -0.05) is 91.0 Å². The highest BCUT2D eigenvalue weighted by Crippen LogP contribution is 2.32. The van der Waals surface area contributed by atoms with Crippen molar-refractivity contribution in [2.24, 2.45) is 0 Å². The molecule has 0 aliphatic rings. The van der Waals surface area contributed by atoms with Gasteiger partial charge in [0.25, 0.3) is 11.8 Å². The summed E-state index contributed by atoms with van der Waals surface area (Å²) in [5.74, 6) is -1.99. The number of hydrogen-bond acceptors (Lipinski definition) is 9. The second-order valence-corrected chi connectivity index (χ2v) is 13.7. The third-order valence-corrected chi connectivity index (χ3v) is 9.76. The van der Waals surface area contributed by atoms with Crippen LogP contribution in [0.3, 0.4) is 0 Å². The molecule has 0 spiro atoms. The summed E-state index contributed by atoms with van der Waals surface area (Å²) in [6.45, 7) is 1.03. The number of pyridine rings is 1. The van der Waals surface area contributed by atoms with Gasteiger partial charge in [-0.25, -0.2) is 4.79 Å². The number of amides is 2. The first-order valence-corrected chi connectivity index (χ1v) is 18.7. The number of phenols is 1. The summed E-state index contributed by atoms with van der Waals surface area (Å²) in [5, 5.41) is 48.8. The van der Waals surface area contributed by atoms with Crippen molar-refractivity contribution < 1.29 is 39.5 Å². The predicted octanol–water partition coefficient (Wildman–Crippen LogP) is 4.26. The van der Waals surface area contributed by atoms with E-state index in [0.717, 1.165) is 11.1 Å². The van der Waals surface area contributed by atoms with Crippen molar-refractivity contribution in [2.75, 3.05) is 32.8 Å². The SMILES string of the molecule is O=C(NCCN(Cc1ccccc1)C(=O)COc1cccc(C(O)(C(=O)O)c2ccccc2)c1)c1ccc(CCNCC(O)c2ccc(O)c3[nH]c(=O)ccc23)cc1. The molecule has 0 saturated carbocycles. The Morgan fingerprint density at radius 3 is 2.22 bits per heavy atom. The van der Waals surface area contributed by atoms with Crippen molar-refractivity contribution in [2.45, 2.75) is 24.7 Å². The van der Waals surface area contributed by atoms with E-state index in [1.54, 1.807) is 59.5 Å². The highest BCUT2D eigenvalue weighted by molar-refractivity contribution is 5.94. The van der Waals surface area contributed by atoms with Crippen LogP contribution < -0.4 is 20.9 Å². The lowest BCUT2D eigenvalue weighted by Crippen LogP contribution is -2.40. The lowest BCUT2D eigenvalue weighted by atomic mass is 9.86. The molecule has 2 amide bonds. The standard InChI is InChI=1S/C45H44N4O9/c50-38-20-18-36(37-19-21-40(52)48-42(37)38)39(51)27-46-23-22-30-14-16-32(17-15-30)43(54)47-24-25-49(28-31-8-3-1-4-9-31)41(53)29-58-35-13-7-12-34(26-35)45(57,44(55)56)33-10-5-2-6-11-33/h1-21,26,39,46,50-51,57H,22-25,27-29H2,(H,47,54)(H,48,52)(H,55,56). The molecule has 6 aromatic rings. The van der Waals surface area contributed by atoms with Gasteiger partial charge in [0.1, 0.15) is 11.5 Å². The molecule has 58 heavy (non-hydrogen) atoms. The second-order valence-electron chi connectivity index (χ2n) is 13.7. The molecule has 2 atom stereocenters.